The molecular formula is C29H28Cl4O9S2. The Morgan fingerprint density at radius 1 is 0.750 bits per heavy atom. The summed E-state index contributed by atoms with van der Waals surface area (Å²) < 4.78 is 51.4. The Labute approximate surface area is 275 Å². The van der Waals surface area contributed by atoms with Gasteiger partial charge >= 0.3 is 0 Å². The van der Waals surface area contributed by atoms with Crippen molar-refractivity contribution in [2.45, 2.75) is 48.8 Å². The Balaban J connectivity index is 0.000000244. The van der Waals surface area contributed by atoms with Crippen LogP contribution >= 0.6 is 46.4 Å². The molecule has 0 unspecified atom stereocenters. The maximum Gasteiger partial charge on any atom is 0.201 e. The van der Waals surface area contributed by atoms with Crippen molar-refractivity contribution in [2.24, 2.45) is 11.8 Å². The maximum absolute atomic E-state index is 12.7. The first kappa shape index (κ1) is 36.2. The number of carbonyl (C=O) groups is 4. The number of ether oxygens (including phenoxy) is 1. The molecule has 2 aliphatic rings. The smallest absolute Gasteiger partial charge is 0.201 e. The summed E-state index contributed by atoms with van der Waals surface area (Å²) in [5, 5.41) is -0.739. The second kappa shape index (κ2) is 14.4. The minimum Gasteiger partial charge on any atom is -0.501 e. The van der Waals surface area contributed by atoms with E-state index in [1.54, 1.807) is 6.92 Å². The summed E-state index contributed by atoms with van der Waals surface area (Å²) in [5.41, 5.74) is -0.0588. The molecule has 2 aromatic rings. The van der Waals surface area contributed by atoms with Gasteiger partial charge < -0.3 is 4.74 Å². The molecule has 0 N–H and O–H groups in total. The summed E-state index contributed by atoms with van der Waals surface area (Å²) in [5.74, 6) is -1.66. The van der Waals surface area contributed by atoms with Gasteiger partial charge in [-0.05, 0) is 56.9 Å². The van der Waals surface area contributed by atoms with Crippen LogP contribution in [0.1, 0.15) is 59.7 Å². The summed E-state index contributed by atoms with van der Waals surface area (Å²) in [6, 6.07) is 5.00. The molecule has 2 aromatic carbocycles. The first-order valence-corrected chi connectivity index (χ1v) is 18.5. The number of Topliss-reactive ketones (excluding diaryl/α,β-unsaturated/α-hetero) is 4. The van der Waals surface area contributed by atoms with Crippen molar-refractivity contribution >= 4 is 89.2 Å². The molecule has 0 bridgehead atoms. The van der Waals surface area contributed by atoms with Gasteiger partial charge in [-0.3, -0.25) is 19.2 Å². The molecule has 2 aliphatic carbocycles. The van der Waals surface area contributed by atoms with Gasteiger partial charge in [0.15, 0.2) is 31.2 Å². The Hall–Kier alpha value is -2.28. The van der Waals surface area contributed by atoms with Gasteiger partial charge in [0.2, 0.25) is 5.78 Å². The molecule has 0 amide bonds. The molecule has 0 radical (unpaired) electrons. The van der Waals surface area contributed by atoms with E-state index in [2.05, 4.69) is 0 Å². The monoisotopic (exact) mass is 724 g/mol. The molecule has 238 valence electrons. The predicted octanol–water partition coefficient (Wildman–Crippen LogP) is 6.43. The van der Waals surface area contributed by atoms with E-state index in [1.165, 1.54) is 24.3 Å². The molecule has 4 rings (SSSR count). The standard InChI is InChI=1S/C16H16Cl2O5S.C13H12Cl2O4S/c1-3-23-8-11(15(19)9-4-5-9)16(20)10-6-7-12(24(2,21)22)14(18)13(10)17;1-20(18,19)11-5-4-8(12(14)13(11)15)10(17)6-9(16)7-2-3-7/h6-9H,3-5H2,1-2H3;4-5,7H,2-3,6H2,1H3. The number of hydrogen-bond acceptors (Lipinski definition) is 9. The molecule has 0 aliphatic heterocycles. The average molecular weight is 726 g/mol. The number of benzene rings is 2. The topological polar surface area (TPSA) is 146 Å². The number of hydrogen-bond donors (Lipinski definition) is 0. The Bertz CT molecular complexity index is 1770. The van der Waals surface area contributed by atoms with Crippen LogP contribution in [0, 0.1) is 11.8 Å². The van der Waals surface area contributed by atoms with E-state index in [1.807, 2.05) is 0 Å². The molecule has 15 heteroatoms. The van der Waals surface area contributed by atoms with Crippen LogP contribution in [0.25, 0.3) is 0 Å². The van der Waals surface area contributed by atoms with Crippen LogP contribution in [0.15, 0.2) is 45.9 Å². The highest BCUT2D eigenvalue weighted by Crippen LogP contribution is 2.37. The Morgan fingerprint density at radius 3 is 1.64 bits per heavy atom. The van der Waals surface area contributed by atoms with Crippen molar-refractivity contribution in [2.75, 3.05) is 19.1 Å². The molecule has 9 nitrogen and oxygen atoms in total. The van der Waals surface area contributed by atoms with Gasteiger partial charge in [0.05, 0.1) is 49.2 Å². The lowest BCUT2D eigenvalue weighted by Crippen LogP contribution is -2.16. The number of ketones is 4. The maximum atomic E-state index is 12.7. The summed E-state index contributed by atoms with van der Waals surface area (Å²) in [6.07, 6.45) is 6.03. The van der Waals surface area contributed by atoms with Crippen molar-refractivity contribution in [1.29, 1.82) is 0 Å². The third-order valence-corrected chi connectivity index (χ3v) is 10.9. The van der Waals surface area contributed by atoms with Crippen LogP contribution in [0.5, 0.6) is 0 Å². The highest BCUT2D eigenvalue weighted by atomic mass is 35.5. The van der Waals surface area contributed by atoms with Crippen LogP contribution in [-0.4, -0.2) is 59.1 Å². The molecule has 2 saturated carbocycles. The third kappa shape index (κ3) is 8.92. The summed E-state index contributed by atoms with van der Waals surface area (Å²) in [7, 11) is -7.11. The Kier molecular flexibility index (Phi) is 11.9. The zero-order valence-electron chi connectivity index (χ0n) is 23.8. The lowest BCUT2D eigenvalue weighted by atomic mass is 9.98. The highest BCUT2D eigenvalue weighted by Gasteiger charge is 2.36. The van der Waals surface area contributed by atoms with Gasteiger partial charge in [0, 0.05) is 35.5 Å². The van der Waals surface area contributed by atoms with Gasteiger partial charge in [-0.25, -0.2) is 16.8 Å². The van der Waals surface area contributed by atoms with Crippen LogP contribution in [0.4, 0.5) is 0 Å². The molecule has 44 heavy (non-hydrogen) atoms. The number of sulfone groups is 2. The van der Waals surface area contributed by atoms with E-state index < -0.39 is 31.2 Å². The van der Waals surface area contributed by atoms with Crippen LogP contribution in [0.2, 0.25) is 20.1 Å². The molecule has 2 fully saturated rings. The van der Waals surface area contributed by atoms with Gasteiger partial charge in [-0.15, -0.1) is 0 Å². The van der Waals surface area contributed by atoms with E-state index in [0.717, 1.165) is 44.5 Å². The van der Waals surface area contributed by atoms with Crippen LogP contribution < -0.4 is 0 Å². The summed E-state index contributed by atoms with van der Waals surface area (Å²) in [4.78, 5) is 48.3. The van der Waals surface area contributed by atoms with Gasteiger partial charge in [0.1, 0.15) is 11.4 Å². The lowest BCUT2D eigenvalue weighted by Gasteiger charge is -2.10. The van der Waals surface area contributed by atoms with E-state index in [4.69, 9.17) is 51.1 Å². The number of halogens is 4. The lowest BCUT2D eigenvalue weighted by molar-refractivity contribution is -0.119. The molecule has 0 aromatic heterocycles. The third-order valence-electron chi connectivity index (χ3n) is 6.63. The molecular weight excluding hydrogens is 698 g/mol. The van der Waals surface area contributed by atoms with Gasteiger partial charge in [-0.2, -0.15) is 0 Å². The summed E-state index contributed by atoms with van der Waals surface area (Å²) in [6.45, 7) is 2.03. The van der Waals surface area contributed by atoms with Crippen molar-refractivity contribution in [3.8, 4) is 0 Å². The number of carbonyl (C=O) groups excluding carboxylic acids is 4. The van der Waals surface area contributed by atoms with Crippen LogP contribution in [-0.2, 0) is 34.0 Å². The van der Waals surface area contributed by atoms with E-state index >= 15 is 0 Å². The summed E-state index contributed by atoms with van der Waals surface area (Å²) >= 11 is 23.9. The second-order valence-corrected chi connectivity index (χ2v) is 15.8. The number of rotatable bonds is 12. The SMILES string of the molecule is CCOC=C(C(=O)c1ccc(S(C)(=O)=O)c(Cl)c1Cl)C(=O)C1CC1.CS(=O)(=O)c1ccc(C(=O)CC(=O)C2CC2)c(Cl)c1Cl. The van der Waals surface area contributed by atoms with Gasteiger partial charge in [-0.1, -0.05) is 46.4 Å². The normalized spacial score (nSPS) is 15.2. The molecule has 0 spiro atoms. The second-order valence-electron chi connectivity index (χ2n) is 10.3. The predicted molar refractivity (Wildman–Crippen MR) is 168 cm³/mol. The minimum absolute atomic E-state index is 0.0107. The highest BCUT2D eigenvalue weighted by molar-refractivity contribution is 7.91. The largest absolute Gasteiger partial charge is 0.501 e. The van der Waals surface area contributed by atoms with E-state index in [9.17, 15) is 36.0 Å². The minimum atomic E-state index is -3.59. The van der Waals surface area contributed by atoms with Gasteiger partial charge in [0.25, 0.3) is 0 Å². The molecule has 0 heterocycles. The fourth-order valence-corrected chi connectivity index (χ4v) is 7.22. The fourth-order valence-electron chi connectivity index (χ4n) is 3.93. The first-order chi connectivity index (χ1) is 20.4. The molecule has 0 saturated heterocycles. The van der Waals surface area contributed by atoms with E-state index in [-0.39, 0.29) is 76.4 Å². The zero-order chi connectivity index (χ0) is 33.1. The Morgan fingerprint density at radius 2 is 1.20 bits per heavy atom. The molecule has 0 atom stereocenters. The van der Waals surface area contributed by atoms with Crippen molar-refractivity contribution in [1.82, 2.24) is 0 Å². The first-order valence-electron chi connectivity index (χ1n) is 13.2. The van der Waals surface area contributed by atoms with E-state index in [0.29, 0.717) is 6.61 Å². The van der Waals surface area contributed by atoms with Crippen LogP contribution in [0.3, 0.4) is 0 Å². The average Bonchev–Trinajstić information content (AvgIpc) is 3.83. The fraction of sp³-hybridized carbons (Fsp3) is 0.379. The quantitative estimate of drug-likeness (QED) is 0.0795. The van der Waals surface area contributed by atoms with Crippen molar-refractivity contribution in [3.05, 3.63) is 67.3 Å². The van der Waals surface area contributed by atoms with Crippen molar-refractivity contribution in [3.63, 3.8) is 0 Å². The van der Waals surface area contributed by atoms with Crippen molar-refractivity contribution < 1.29 is 40.8 Å². The zero-order valence-corrected chi connectivity index (χ0v) is 28.4. The number of allylic oxidation sites excluding steroid dienone is 1.